The minimum atomic E-state index is -0.718. The number of morpholine rings is 1. The number of carbonyl (C=O) groups excluding carboxylic acids is 1. The third kappa shape index (κ3) is 5.14. The fourth-order valence-corrected chi connectivity index (χ4v) is 5.94. The highest BCUT2D eigenvalue weighted by Gasteiger charge is 2.26. The number of ether oxygens (including phenoxy) is 2. The van der Waals surface area contributed by atoms with Gasteiger partial charge in [0.25, 0.3) is 5.91 Å². The highest BCUT2D eigenvalue weighted by molar-refractivity contribution is 5.97. The number of nitrogen functional groups attached to an aromatic ring is 1. The minimum Gasteiger partial charge on any atom is -0.383 e. The molecule has 3 N–H and O–H groups in total. The van der Waals surface area contributed by atoms with Crippen LogP contribution in [-0.4, -0.2) is 74.9 Å². The monoisotopic (exact) mass is 549 g/mol. The smallest absolute Gasteiger partial charge is 0.251 e. The number of nitrogens with zero attached hydrogens (tertiary/aromatic N) is 3. The SMILES string of the molecule is CO[C@H]1CCN(Cc2cc(-c3cc(-c4cc5c(cc4F)C(=O)NCC5)c(N)nc3F)ccc2N2CCOCC2)C1. The van der Waals surface area contributed by atoms with E-state index in [1.807, 2.05) is 18.2 Å². The number of pyridine rings is 1. The quantitative estimate of drug-likeness (QED) is 0.454. The minimum absolute atomic E-state index is 0.104. The number of amides is 1. The number of fused-ring (bicyclic) bond motifs is 1. The van der Waals surface area contributed by atoms with Crippen LogP contribution >= 0.6 is 0 Å². The maximum Gasteiger partial charge on any atom is 0.251 e. The molecule has 210 valence electrons. The van der Waals surface area contributed by atoms with Gasteiger partial charge in [0.1, 0.15) is 11.6 Å². The summed E-state index contributed by atoms with van der Waals surface area (Å²) in [5.41, 5.74) is 10.7. The molecule has 6 rings (SSSR count). The topological polar surface area (TPSA) is 93.0 Å². The average molecular weight is 550 g/mol. The van der Waals surface area contributed by atoms with Gasteiger partial charge < -0.3 is 25.4 Å². The van der Waals surface area contributed by atoms with E-state index in [0.29, 0.717) is 49.4 Å². The third-order valence-electron chi connectivity index (χ3n) is 8.11. The van der Waals surface area contributed by atoms with Crippen LogP contribution in [0.3, 0.4) is 0 Å². The molecule has 3 aromatic rings. The summed E-state index contributed by atoms with van der Waals surface area (Å²) < 4.78 is 41.7. The molecule has 2 aromatic carbocycles. The highest BCUT2D eigenvalue weighted by Crippen LogP contribution is 2.37. The Morgan fingerprint density at radius 1 is 1.07 bits per heavy atom. The second kappa shape index (κ2) is 11.1. The summed E-state index contributed by atoms with van der Waals surface area (Å²) in [4.78, 5) is 20.8. The van der Waals surface area contributed by atoms with Crippen LogP contribution in [0.5, 0.6) is 0 Å². The molecule has 4 heterocycles. The van der Waals surface area contributed by atoms with Gasteiger partial charge in [0.15, 0.2) is 0 Å². The Kier molecular flexibility index (Phi) is 7.39. The van der Waals surface area contributed by atoms with E-state index in [1.54, 1.807) is 19.2 Å². The molecule has 0 spiro atoms. The molecule has 1 amide bonds. The molecule has 2 fully saturated rings. The molecular formula is C30H33F2N5O3. The molecule has 3 aliphatic rings. The molecule has 10 heteroatoms. The third-order valence-corrected chi connectivity index (χ3v) is 8.11. The van der Waals surface area contributed by atoms with Gasteiger partial charge >= 0.3 is 0 Å². The van der Waals surface area contributed by atoms with Crippen molar-refractivity contribution in [2.24, 2.45) is 0 Å². The van der Waals surface area contributed by atoms with Gasteiger partial charge in [-0.1, -0.05) is 6.07 Å². The number of nitrogens with two attached hydrogens (primary N) is 1. The number of benzene rings is 2. The first-order valence-corrected chi connectivity index (χ1v) is 13.7. The zero-order valence-corrected chi connectivity index (χ0v) is 22.5. The van der Waals surface area contributed by atoms with E-state index in [4.69, 9.17) is 15.2 Å². The van der Waals surface area contributed by atoms with Crippen molar-refractivity contribution in [3.05, 3.63) is 64.9 Å². The van der Waals surface area contributed by atoms with Crippen LogP contribution in [-0.2, 0) is 22.4 Å². The normalized spacial score (nSPS) is 19.5. The van der Waals surface area contributed by atoms with Gasteiger partial charge in [0, 0.05) is 74.3 Å². The number of methoxy groups -OCH3 is 1. The van der Waals surface area contributed by atoms with Gasteiger partial charge in [0.2, 0.25) is 5.95 Å². The van der Waals surface area contributed by atoms with Gasteiger partial charge in [-0.3, -0.25) is 9.69 Å². The maximum atomic E-state index is 15.4. The van der Waals surface area contributed by atoms with E-state index in [-0.39, 0.29) is 29.0 Å². The molecule has 0 radical (unpaired) electrons. The van der Waals surface area contributed by atoms with Crippen LogP contribution in [0.1, 0.15) is 27.9 Å². The van der Waals surface area contributed by atoms with Crippen molar-refractivity contribution >= 4 is 17.4 Å². The first kappa shape index (κ1) is 26.6. The van der Waals surface area contributed by atoms with Crippen LogP contribution in [0.2, 0.25) is 0 Å². The van der Waals surface area contributed by atoms with E-state index < -0.39 is 11.8 Å². The number of carbonyl (C=O) groups is 1. The summed E-state index contributed by atoms with van der Waals surface area (Å²) in [5.74, 6) is -1.73. The Hall–Kier alpha value is -3.60. The average Bonchev–Trinajstić information content (AvgIpc) is 3.42. The summed E-state index contributed by atoms with van der Waals surface area (Å²) >= 11 is 0. The summed E-state index contributed by atoms with van der Waals surface area (Å²) in [6, 6.07) is 10.3. The Morgan fingerprint density at radius 2 is 1.90 bits per heavy atom. The van der Waals surface area contributed by atoms with Crippen molar-refractivity contribution < 1.29 is 23.0 Å². The molecule has 3 aliphatic heterocycles. The lowest BCUT2D eigenvalue weighted by atomic mass is 9.93. The molecule has 8 nitrogen and oxygen atoms in total. The standard InChI is InChI=1S/C30H33F2N5O3/c1-39-21-5-7-36(17-21)16-20-12-18(2-3-27(20)37-8-10-40-11-9-37)22-14-25(29(33)35-28(22)32)24-13-19-4-6-34-30(38)23(19)15-26(24)31/h2-3,12-15,21H,4-11,16-17H2,1H3,(H2,33,35)(H,34,38)/t21-/m0/s1. The summed E-state index contributed by atoms with van der Waals surface area (Å²) in [6.07, 6.45) is 1.74. The van der Waals surface area contributed by atoms with Crippen LogP contribution in [0.4, 0.5) is 20.3 Å². The number of halogens is 2. The largest absolute Gasteiger partial charge is 0.383 e. The molecule has 1 aromatic heterocycles. The lowest BCUT2D eigenvalue weighted by Crippen LogP contribution is -2.37. The predicted octanol–water partition coefficient (Wildman–Crippen LogP) is 3.62. The van der Waals surface area contributed by atoms with Crippen molar-refractivity contribution in [1.82, 2.24) is 15.2 Å². The molecular weight excluding hydrogens is 516 g/mol. The van der Waals surface area contributed by atoms with E-state index in [9.17, 15) is 4.79 Å². The number of rotatable bonds is 6. The summed E-state index contributed by atoms with van der Waals surface area (Å²) in [5, 5.41) is 2.73. The fourth-order valence-electron chi connectivity index (χ4n) is 5.94. The zero-order chi connectivity index (χ0) is 27.8. The number of hydrogen-bond donors (Lipinski definition) is 2. The van der Waals surface area contributed by atoms with E-state index in [0.717, 1.165) is 49.4 Å². The van der Waals surface area contributed by atoms with Crippen LogP contribution in [0.25, 0.3) is 22.3 Å². The van der Waals surface area contributed by atoms with Gasteiger partial charge in [-0.05, 0) is 59.9 Å². The number of anilines is 2. The van der Waals surface area contributed by atoms with Gasteiger partial charge in [-0.2, -0.15) is 4.39 Å². The molecule has 0 bridgehead atoms. The van der Waals surface area contributed by atoms with Crippen molar-refractivity contribution in [3.63, 3.8) is 0 Å². The van der Waals surface area contributed by atoms with Crippen molar-refractivity contribution in [3.8, 4) is 22.3 Å². The van der Waals surface area contributed by atoms with E-state index >= 15 is 8.78 Å². The van der Waals surface area contributed by atoms with Crippen molar-refractivity contribution in [1.29, 1.82) is 0 Å². The van der Waals surface area contributed by atoms with E-state index in [2.05, 4.69) is 20.1 Å². The van der Waals surface area contributed by atoms with Crippen LogP contribution < -0.4 is 16.0 Å². The summed E-state index contributed by atoms with van der Waals surface area (Å²) in [6.45, 7) is 5.80. The Balaban J connectivity index is 1.40. The molecule has 0 saturated carbocycles. The number of likely N-dealkylation sites (tertiary alicyclic amines) is 1. The first-order chi connectivity index (χ1) is 19.4. The number of nitrogens with one attached hydrogen (secondary N) is 1. The van der Waals surface area contributed by atoms with Crippen LogP contribution in [0, 0.1) is 11.8 Å². The lowest BCUT2D eigenvalue weighted by Gasteiger charge is -2.32. The second-order valence-electron chi connectivity index (χ2n) is 10.6. The molecule has 2 saturated heterocycles. The molecule has 40 heavy (non-hydrogen) atoms. The molecule has 1 atom stereocenters. The maximum absolute atomic E-state index is 15.4. The fraction of sp³-hybridized carbons (Fsp3) is 0.400. The Morgan fingerprint density at radius 3 is 2.67 bits per heavy atom. The van der Waals surface area contributed by atoms with Crippen molar-refractivity contribution in [2.45, 2.75) is 25.5 Å². The predicted molar refractivity (Wildman–Crippen MR) is 149 cm³/mol. The van der Waals surface area contributed by atoms with Gasteiger partial charge in [-0.15, -0.1) is 0 Å². The number of hydrogen-bond acceptors (Lipinski definition) is 7. The Bertz CT molecular complexity index is 1440. The number of aromatic nitrogens is 1. The molecule has 0 unspecified atom stereocenters. The van der Waals surface area contributed by atoms with Gasteiger partial charge in [0.05, 0.1) is 19.3 Å². The Labute approximate surface area is 232 Å². The summed E-state index contributed by atoms with van der Waals surface area (Å²) in [7, 11) is 1.74. The zero-order valence-electron chi connectivity index (χ0n) is 22.5. The lowest BCUT2D eigenvalue weighted by molar-refractivity contribution is 0.0945. The second-order valence-corrected chi connectivity index (χ2v) is 10.6. The van der Waals surface area contributed by atoms with Gasteiger partial charge in [-0.25, -0.2) is 9.37 Å². The first-order valence-electron chi connectivity index (χ1n) is 13.7. The van der Waals surface area contributed by atoms with E-state index in [1.165, 1.54) is 6.07 Å². The van der Waals surface area contributed by atoms with Crippen LogP contribution in [0.15, 0.2) is 36.4 Å². The van der Waals surface area contributed by atoms with Crippen molar-refractivity contribution in [2.75, 3.05) is 63.7 Å². The highest BCUT2D eigenvalue weighted by atomic mass is 19.1. The molecule has 0 aliphatic carbocycles.